The molecule has 2 nitrogen and oxygen atoms in total. The molecule has 0 aromatic rings. The summed E-state index contributed by atoms with van der Waals surface area (Å²) < 4.78 is 0. The second-order valence-electron chi connectivity index (χ2n) is 4.90. The zero-order valence-electron chi connectivity index (χ0n) is 12.9. The van der Waals surface area contributed by atoms with Crippen LogP contribution in [-0.2, 0) is 0 Å². The molecular formula is C18H30O2. The molecule has 0 spiro atoms. The maximum Gasteiger partial charge on any atom is 0.0723 e. The lowest BCUT2D eigenvalue weighted by Crippen LogP contribution is -2.00. The molecule has 0 heterocycles. The van der Waals surface area contributed by atoms with Gasteiger partial charge in [-0.3, -0.25) is 0 Å². The molecule has 0 aromatic carbocycles. The topological polar surface area (TPSA) is 40.5 Å². The molecule has 0 rings (SSSR count). The van der Waals surface area contributed by atoms with Crippen LogP contribution in [0, 0.1) is 0 Å². The monoisotopic (exact) mass is 278 g/mol. The van der Waals surface area contributed by atoms with Gasteiger partial charge in [0.25, 0.3) is 0 Å². The highest BCUT2D eigenvalue weighted by Crippen LogP contribution is 2.04. The third-order valence-electron chi connectivity index (χ3n) is 2.95. The fourth-order valence-electron chi connectivity index (χ4n) is 1.61. The third-order valence-corrected chi connectivity index (χ3v) is 2.95. The Kier molecular flexibility index (Phi) is 13.5. The largest absolute Gasteiger partial charge is 0.389 e. The Hall–Kier alpha value is -1.12. The Morgan fingerprint density at radius 2 is 1.40 bits per heavy atom. The van der Waals surface area contributed by atoms with Gasteiger partial charge in [-0.25, -0.2) is 0 Å². The highest BCUT2D eigenvalue weighted by Gasteiger charge is 1.96. The summed E-state index contributed by atoms with van der Waals surface area (Å²) in [5, 5.41) is 18.9. The highest BCUT2D eigenvalue weighted by molar-refractivity contribution is 5.10. The van der Waals surface area contributed by atoms with Gasteiger partial charge in [0.1, 0.15) is 0 Å². The van der Waals surface area contributed by atoms with Crippen molar-refractivity contribution in [2.75, 3.05) is 0 Å². The Balaban J connectivity index is 3.69. The number of unbranched alkanes of at least 4 members (excludes halogenated alkanes) is 2. The van der Waals surface area contributed by atoms with E-state index in [1.807, 2.05) is 49.5 Å². The molecule has 20 heavy (non-hydrogen) atoms. The van der Waals surface area contributed by atoms with Crippen molar-refractivity contribution >= 4 is 0 Å². The summed E-state index contributed by atoms with van der Waals surface area (Å²) in [5.74, 6) is 0. The molecule has 0 aliphatic rings. The predicted octanol–water partition coefficient (Wildman–Crippen LogP) is 4.31. The lowest BCUT2D eigenvalue weighted by molar-refractivity contribution is 0.208. The Morgan fingerprint density at radius 3 is 1.95 bits per heavy atom. The van der Waals surface area contributed by atoms with Crippen LogP contribution in [0.4, 0.5) is 0 Å². The van der Waals surface area contributed by atoms with E-state index in [9.17, 15) is 10.2 Å². The first-order chi connectivity index (χ1) is 9.70. The Labute approximate surface area is 124 Å². The van der Waals surface area contributed by atoms with Gasteiger partial charge in [0.15, 0.2) is 0 Å². The normalized spacial score (nSPS) is 16.0. The minimum Gasteiger partial charge on any atom is -0.389 e. The van der Waals surface area contributed by atoms with Crippen molar-refractivity contribution in [2.45, 2.75) is 64.6 Å². The molecule has 0 amide bonds. The molecular weight excluding hydrogens is 248 g/mol. The van der Waals surface area contributed by atoms with Crippen LogP contribution in [0.2, 0.25) is 0 Å². The lowest BCUT2D eigenvalue weighted by atomic mass is 10.1. The number of rotatable bonds is 11. The van der Waals surface area contributed by atoms with E-state index in [1.165, 1.54) is 12.8 Å². The lowest BCUT2D eigenvalue weighted by Gasteiger charge is -2.02. The van der Waals surface area contributed by atoms with Crippen molar-refractivity contribution in [3.63, 3.8) is 0 Å². The van der Waals surface area contributed by atoms with Gasteiger partial charge in [0.2, 0.25) is 0 Å². The van der Waals surface area contributed by atoms with Gasteiger partial charge in [0.05, 0.1) is 12.2 Å². The van der Waals surface area contributed by atoms with Crippen LogP contribution in [-0.4, -0.2) is 22.4 Å². The maximum absolute atomic E-state index is 9.66. The van der Waals surface area contributed by atoms with Gasteiger partial charge in [-0.05, 0) is 19.3 Å². The van der Waals surface area contributed by atoms with E-state index in [1.54, 1.807) is 6.08 Å². The van der Waals surface area contributed by atoms with Crippen LogP contribution in [0.15, 0.2) is 48.6 Å². The third kappa shape index (κ3) is 13.3. The van der Waals surface area contributed by atoms with Gasteiger partial charge >= 0.3 is 0 Å². The van der Waals surface area contributed by atoms with E-state index in [2.05, 4.69) is 6.92 Å². The second-order valence-corrected chi connectivity index (χ2v) is 4.90. The van der Waals surface area contributed by atoms with Crippen LogP contribution in [0.1, 0.15) is 52.4 Å². The summed E-state index contributed by atoms with van der Waals surface area (Å²) in [5.41, 5.74) is 0. The minimum atomic E-state index is -0.340. The molecule has 2 heteroatoms. The summed E-state index contributed by atoms with van der Waals surface area (Å²) in [4.78, 5) is 0. The van der Waals surface area contributed by atoms with E-state index >= 15 is 0 Å². The SMILES string of the molecule is CCCCCC(O)/C=C\C=C/C/C=C\C=C\C(O)CC. The predicted molar refractivity (Wildman–Crippen MR) is 87.6 cm³/mol. The van der Waals surface area contributed by atoms with Crippen LogP contribution >= 0.6 is 0 Å². The van der Waals surface area contributed by atoms with E-state index in [4.69, 9.17) is 0 Å². The molecule has 0 fully saturated rings. The highest BCUT2D eigenvalue weighted by atomic mass is 16.3. The fraction of sp³-hybridized carbons (Fsp3) is 0.556. The first kappa shape index (κ1) is 18.9. The molecule has 2 atom stereocenters. The van der Waals surface area contributed by atoms with Crippen LogP contribution < -0.4 is 0 Å². The molecule has 2 unspecified atom stereocenters. The van der Waals surface area contributed by atoms with Crippen LogP contribution in [0.25, 0.3) is 0 Å². The summed E-state index contributed by atoms with van der Waals surface area (Å²) in [6, 6.07) is 0. The number of allylic oxidation sites excluding steroid dienone is 6. The van der Waals surface area contributed by atoms with Crippen molar-refractivity contribution in [1.82, 2.24) is 0 Å². The van der Waals surface area contributed by atoms with Crippen molar-refractivity contribution in [2.24, 2.45) is 0 Å². The van der Waals surface area contributed by atoms with Gasteiger partial charge in [-0.2, -0.15) is 0 Å². The first-order valence-corrected chi connectivity index (χ1v) is 7.73. The Bertz CT molecular complexity index is 313. The minimum absolute atomic E-state index is 0.319. The van der Waals surface area contributed by atoms with Crippen molar-refractivity contribution < 1.29 is 10.2 Å². The molecule has 114 valence electrons. The Morgan fingerprint density at radius 1 is 0.800 bits per heavy atom. The van der Waals surface area contributed by atoms with Gasteiger partial charge in [-0.15, -0.1) is 0 Å². The van der Waals surface area contributed by atoms with Gasteiger partial charge < -0.3 is 10.2 Å². The average Bonchev–Trinajstić information content (AvgIpc) is 2.45. The molecule has 0 saturated heterocycles. The number of hydrogen-bond donors (Lipinski definition) is 2. The zero-order valence-corrected chi connectivity index (χ0v) is 12.9. The summed E-state index contributed by atoms with van der Waals surface area (Å²) in [6.07, 6.45) is 20.6. The summed E-state index contributed by atoms with van der Waals surface area (Å²) in [6.45, 7) is 4.11. The number of aliphatic hydroxyl groups is 2. The fourth-order valence-corrected chi connectivity index (χ4v) is 1.61. The standard InChI is InChI=1S/C18H30O2/c1-3-5-11-15-18(20)16-13-10-8-6-7-9-12-14-17(19)4-2/h7-10,12-14,16-20H,3-6,11,15H2,1-2H3/b9-7-,10-8-,14-12+,16-13-. The molecule has 0 aliphatic heterocycles. The van der Waals surface area contributed by atoms with E-state index < -0.39 is 0 Å². The summed E-state index contributed by atoms with van der Waals surface area (Å²) in [7, 11) is 0. The molecule has 0 saturated carbocycles. The van der Waals surface area contributed by atoms with E-state index in [0.717, 1.165) is 25.7 Å². The molecule has 0 aromatic heterocycles. The van der Waals surface area contributed by atoms with Crippen LogP contribution in [0.3, 0.4) is 0 Å². The quantitative estimate of drug-likeness (QED) is 0.436. The van der Waals surface area contributed by atoms with Crippen molar-refractivity contribution in [3.8, 4) is 0 Å². The average molecular weight is 278 g/mol. The van der Waals surface area contributed by atoms with Gasteiger partial charge in [0, 0.05) is 0 Å². The maximum atomic E-state index is 9.66. The molecule has 0 radical (unpaired) electrons. The van der Waals surface area contributed by atoms with Gasteiger partial charge in [-0.1, -0.05) is 81.7 Å². The number of hydrogen-bond acceptors (Lipinski definition) is 2. The molecule has 2 N–H and O–H groups in total. The smallest absolute Gasteiger partial charge is 0.0723 e. The van der Waals surface area contributed by atoms with E-state index in [-0.39, 0.29) is 12.2 Å². The second kappa shape index (κ2) is 14.3. The first-order valence-electron chi connectivity index (χ1n) is 7.73. The molecule has 0 aliphatic carbocycles. The summed E-state index contributed by atoms with van der Waals surface area (Å²) >= 11 is 0. The van der Waals surface area contributed by atoms with Crippen molar-refractivity contribution in [1.29, 1.82) is 0 Å². The van der Waals surface area contributed by atoms with Crippen molar-refractivity contribution in [3.05, 3.63) is 48.6 Å². The van der Waals surface area contributed by atoms with Crippen LogP contribution in [0.5, 0.6) is 0 Å². The number of aliphatic hydroxyl groups excluding tert-OH is 2. The zero-order chi connectivity index (χ0) is 15.1. The van der Waals surface area contributed by atoms with E-state index in [0.29, 0.717) is 0 Å². The molecule has 0 bridgehead atoms.